The Morgan fingerprint density at radius 3 is 1.73 bits per heavy atom. The summed E-state index contributed by atoms with van der Waals surface area (Å²) in [6.07, 6.45) is -1.98. The molecule has 0 rings (SSSR count). The normalized spacial score (nSPS) is 14.5. The van der Waals surface area contributed by atoms with Crippen LogP contribution in [-0.2, 0) is 28.8 Å². The topological polar surface area (TPSA) is 245 Å². The van der Waals surface area contributed by atoms with Crippen LogP contribution in [-0.4, -0.2) is 92.6 Å². The molecule has 0 aromatic heterocycles. The Labute approximate surface area is 175 Å². The highest BCUT2D eigenvalue weighted by Crippen LogP contribution is 2.03. The van der Waals surface area contributed by atoms with Crippen molar-refractivity contribution in [3.63, 3.8) is 0 Å². The molecular formula is C15H24N4O10S. The lowest BCUT2D eigenvalue weighted by atomic mass is 10.1. The van der Waals surface area contributed by atoms with Gasteiger partial charge in [0.1, 0.15) is 24.2 Å². The van der Waals surface area contributed by atoms with Crippen molar-refractivity contribution < 1.29 is 49.2 Å². The molecule has 0 radical (unpaired) electrons. The molecule has 0 saturated heterocycles. The van der Waals surface area contributed by atoms with Crippen molar-refractivity contribution in [1.29, 1.82) is 0 Å². The quantitative estimate of drug-likeness (QED) is 0.115. The second kappa shape index (κ2) is 13.3. The first kappa shape index (κ1) is 27.1. The first-order chi connectivity index (χ1) is 13.9. The fourth-order valence-electron chi connectivity index (χ4n) is 2.01. The van der Waals surface area contributed by atoms with Crippen LogP contribution in [0, 0.1) is 0 Å². The zero-order valence-electron chi connectivity index (χ0n) is 15.6. The predicted octanol–water partition coefficient (Wildman–Crippen LogP) is -3.89. The molecule has 0 aromatic rings. The molecule has 0 saturated carbocycles. The number of nitrogens with one attached hydrogen (secondary N) is 3. The first-order valence-corrected chi connectivity index (χ1v) is 9.10. The number of hydrogen-bond donors (Lipinski definition) is 9. The zero-order chi connectivity index (χ0) is 23.4. The summed E-state index contributed by atoms with van der Waals surface area (Å²) in [5.41, 5.74) is 5.32. The predicted molar refractivity (Wildman–Crippen MR) is 101 cm³/mol. The molecular weight excluding hydrogens is 428 g/mol. The van der Waals surface area contributed by atoms with Gasteiger partial charge in [-0.25, -0.2) is 4.79 Å². The number of nitrogens with two attached hydrogens (primary N) is 1. The molecule has 3 amide bonds. The number of carboxylic acid groups (broad SMARTS) is 3. The summed E-state index contributed by atoms with van der Waals surface area (Å²) in [7, 11) is 0. The van der Waals surface area contributed by atoms with E-state index in [1.165, 1.54) is 0 Å². The summed E-state index contributed by atoms with van der Waals surface area (Å²) in [5.74, 6) is -7.69. The van der Waals surface area contributed by atoms with E-state index in [0.29, 0.717) is 0 Å². The molecule has 170 valence electrons. The number of aliphatic hydroxyl groups is 1. The van der Waals surface area contributed by atoms with Crippen LogP contribution in [0.1, 0.15) is 19.3 Å². The van der Waals surface area contributed by atoms with Crippen molar-refractivity contribution in [2.45, 2.75) is 43.4 Å². The zero-order valence-corrected chi connectivity index (χ0v) is 16.5. The smallest absolute Gasteiger partial charge is 0.326 e. The molecule has 30 heavy (non-hydrogen) atoms. The van der Waals surface area contributed by atoms with Crippen molar-refractivity contribution in [2.75, 3.05) is 12.4 Å². The molecule has 0 bridgehead atoms. The molecule has 14 nitrogen and oxygen atoms in total. The lowest BCUT2D eigenvalue weighted by Gasteiger charge is -2.23. The fourth-order valence-corrected chi connectivity index (χ4v) is 2.27. The number of thiol groups is 1. The Kier molecular flexibility index (Phi) is 12.0. The third-order valence-electron chi connectivity index (χ3n) is 3.62. The largest absolute Gasteiger partial charge is 0.481 e. The highest BCUT2D eigenvalue weighted by Gasteiger charge is 2.30. The third kappa shape index (κ3) is 10.0. The maximum absolute atomic E-state index is 12.4. The first-order valence-electron chi connectivity index (χ1n) is 8.47. The van der Waals surface area contributed by atoms with E-state index in [9.17, 15) is 28.8 Å². The van der Waals surface area contributed by atoms with E-state index in [0.717, 1.165) is 0 Å². The minimum Gasteiger partial charge on any atom is -0.481 e. The number of aliphatic carboxylic acids is 3. The molecule has 4 unspecified atom stereocenters. The molecule has 9 N–H and O–H groups in total. The Balaban J connectivity index is 5.34. The SMILES string of the molecule is NC(CO)C(=O)NC(CS)C(=O)NC(CCC(=O)O)C(=O)NC(CC(=O)O)C(=O)O. The summed E-state index contributed by atoms with van der Waals surface area (Å²) in [6, 6.07) is -6.00. The van der Waals surface area contributed by atoms with E-state index in [-0.39, 0.29) is 5.75 Å². The van der Waals surface area contributed by atoms with Gasteiger partial charge in [-0.3, -0.25) is 24.0 Å². The summed E-state index contributed by atoms with van der Waals surface area (Å²) < 4.78 is 0. The van der Waals surface area contributed by atoms with E-state index >= 15 is 0 Å². The van der Waals surface area contributed by atoms with Crippen LogP contribution in [0.4, 0.5) is 0 Å². The lowest BCUT2D eigenvalue weighted by molar-refractivity contribution is -0.147. The second-order valence-electron chi connectivity index (χ2n) is 6.02. The van der Waals surface area contributed by atoms with Gasteiger partial charge in [-0.1, -0.05) is 0 Å². The van der Waals surface area contributed by atoms with E-state index in [4.69, 9.17) is 26.2 Å². The number of hydrogen-bond acceptors (Lipinski definition) is 9. The van der Waals surface area contributed by atoms with Gasteiger partial charge in [0.25, 0.3) is 0 Å². The van der Waals surface area contributed by atoms with Crippen molar-refractivity contribution in [3.05, 3.63) is 0 Å². The van der Waals surface area contributed by atoms with Gasteiger partial charge in [0, 0.05) is 12.2 Å². The molecule has 0 aliphatic rings. The highest BCUT2D eigenvalue weighted by atomic mass is 32.1. The van der Waals surface area contributed by atoms with Crippen LogP contribution >= 0.6 is 12.6 Å². The monoisotopic (exact) mass is 452 g/mol. The Morgan fingerprint density at radius 2 is 1.30 bits per heavy atom. The van der Waals surface area contributed by atoms with Gasteiger partial charge in [-0.15, -0.1) is 0 Å². The lowest BCUT2D eigenvalue weighted by Crippen LogP contribution is -2.58. The molecule has 4 atom stereocenters. The van der Waals surface area contributed by atoms with Crippen LogP contribution in [0.25, 0.3) is 0 Å². The van der Waals surface area contributed by atoms with E-state index in [1.54, 1.807) is 0 Å². The molecule has 0 fully saturated rings. The molecule has 0 aromatic carbocycles. The van der Waals surface area contributed by atoms with E-state index in [1.807, 2.05) is 5.32 Å². The van der Waals surface area contributed by atoms with Crippen molar-refractivity contribution in [1.82, 2.24) is 16.0 Å². The summed E-state index contributed by atoms with van der Waals surface area (Å²) in [6.45, 7) is -0.698. The molecule has 0 heterocycles. The van der Waals surface area contributed by atoms with Crippen LogP contribution in [0.2, 0.25) is 0 Å². The number of carbonyl (C=O) groups excluding carboxylic acids is 3. The summed E-state index contributed by atoms with van der Waals surface area (Å²) >= 11 is 3.89. The minimum absolute atomic E-state index is 0.250. The number of amides is 3. The van der Waals surface area contributed by atoms with Crippen LogP contribution in [0.5, 0.6) is 0 Å². The van der Waals surface area contributed by atoms with Crippen molar-refractivity contribution >= 4 is 48.3 Å². The Morgan fingerprint density at radius 1 is 0.800 bits per heavy atom. The van der Waals surface area contributed by atoms with Crippen LogP contribution < -0.4 is 21.7 Å². The minimum atomic E-state index is -1.82. The Bertz CT molecular complexity index is 674. The van der Waals surface area contributed by atoms with Gasteiger partial charge in [-0.2, -0.15) is 12.6 Å². The van der Waals surface area contributed by atoms with E-state index < -0.39 is 85.7 Å². The second-order valence-corrected chi connectivity index (χ2v) is 6.39. The number of carbonyl (C=O) groups is 6. The number of aliphatic hydroxyl groups excluding tert-OH is 1. The average Bonchev–Trinajstić information content (AvgIpc) is 2.66. The van der Waals surface area contributed by atoms with E-state index in [2.05, 4.69) is 23.3 Å². The standard InChI is InChI=1S/C15H24N4O10S/c16-6(4-20)12(25)19-9(5-30)14(27)17-7(1-2-10(21)22)13(26)18-8(15(28)29)3-11(23)24/h6-9,20,30H,1-5,16H2,(H,17,27)(H,18,26)(H,19,25)(H,21,22)(H,23,24)(H,28,29). The molecule has 15 heteroatoms. The highest BCUT2D eigenvalue weighted by molar-refractivity contribution is 7.80. The van der Waals surface area contributed by atoms with Crippen LogP contribution in [0.3, 0.4) is 0 Å². The maximum Gasteiger partial charge on any atom is 0.326 e. The van der Waals surface area contributed by atoms with Gasteiger partial charge in [0.05, 0.1) is 13.0 Å². The Hall–Kier alpha value is -2.91. The maximum atomic E-state index is 12.4. The van der Waals surface area contributed by atoms with Crippen LogP contribution in [0.15, 0.2) is 0 Å². The number of carboxylic acids is 3. The van der Waals surface area contributed by atoms with Crippen molar-refractivity contribution in [3.8, 4) is 0 Å². The average molecular weight is 452 g/mol. The molecule has 0 spiro atoms. The summed E-state index contributed by atoms with van der Waals surface area (Å²) in [4.78, 5) is 69.1. The van der Waals surface area contributed by atoms with Gasteiger partial charge in [-0.05, 0) is 6.42 Å². The number of rotatable bonds is 14. The van der Waals surface area contributed by atoms with Gasteiger partial charge >= 0.3 is 17.9 Å². The third-order valence-corrected chi connectivity index (χ3v) is 3.99. The summed E-state index contributed by atoms with van der Waals surface area (Å²) in [5, 5.41) is 41.6. The van der Waals surface area contributed by atoms with Gasteiger partial charge in [0.2, 0.25) is 17.7 Å². The molecule has 0 aliphatic heterocycles. The fraction of sp³-hybridized carbons (Fsp3) is 0.600. The van der Waals surface area contributed by atoms with Gasteiger partial charge in [0.15, 0.2) is 0 Å². The van der Waals surface area contributed by atoms with Gasteiger partial charge < -0.3 is 42.1 Å². The molecule has 0 aliphatic carbocycles. The van der Waals surface area contributed by atoms with Crippen molar-refractivity contribution in [2.24, 2.45) is 5.73 Å².